The molecule has 0 spiro atoms. The van der Waals surface area contributed by atoms with Crippen LogP contribution in [0.3, 0.4) is 0 Å². The fourth-order valence-electron chi connectivity index (χ4n) is 3.59. The van der Waals surface area contributed by atoms with Gasteiger partial charge < -0.3 is 14.4 Å². The van der Waals surface area contributed by atoms with Crippen LogP contribution in [-0.4, -0.2) is 57.5 Å². The highest BCUT2D eigenvalue weighted by atomic mass is 16.2. The van der Waals surface area contributed by atoms with Gasteiger partial charge in [-0.15, -0.1) is 0 Å². The maximum absolute atomic E-state index is 12.5. The van der Waals surface area contributed by atoms with Gasteiger partial charge in [0.1, 0.15) is 6.54 Å². The number of hydrogen-bond donors (Lipinski definition) is 0. The Morgan fingerprint density at radius 3 is 2.71 bits per heavy atom. The molecule has 0 aromatic carbocycles. The second-order valence-corrected chi connectivity index (χ2v) is 6.31. The molecule has 2 saturated heterocycles. The highest BCUT2D eigenvalue weighted by Gasteiger charge is 2.27. The van der Waals surface area contributed by atoms with E-state index in [2.05, 4.69) is 14.8 Å². The summed E-state index contributed by atoms with van der Waals surface area (Å²) in [5, 5.41) is 0. The predicted molar refractivity (Wildman–Crippen MR) is 81.9 cm³/mol. The number of hydrogen-bond acceptors (Lipinski definition) is 3. The number of carbonyl (C=O) groups is 1. The quantitative estimate of drug-likeness (QED) is 0.829. The van der Waals surface area contributed by atoms with E-state index in [9.17, 15) is 4.79 Å². The van der Waals surface area contributed by atoms with Gasteiger partial charge in [-0.3, -0.25) is 4.79 Å². The van der Waals surface area contributed by atoms with Crippen LogP contribution < -0.4 is 0 Å². The average molecular weight is 290 g/mol. The van der Waals surface area contributed by atoms with Gasteiger partial charge in [0.15, 0.2) is 0 Å². The van der Waals surface area contributed by atoms with Gasteiger partial charge >= 0.3 is 0 Å². The van der Waals surface area contributed by atoms with E-state index < -0.39 is 0 Å². The third-order valence-electron chi connectivity index (χ3n) is 4.80. The lowest BCUT2D eigenvalue weighted by Gasteiger charge is -2.36. The molecule has 2 aliphatic rings. The largest absolute Gasteiger partial charge is 0.338 e. The van der Waals surface area contributed by atoms with Crippen molar-refractivity contribution in [1.82, 2.24) is 19.4 Å². The molecule has 0 aliphatic carbocycles. The Hall–Kier alpha value is -1.36. The molecule has 3 heterocycles. The molecular weight excluding hydrogens is 264 g/mol. The van der Waals surface area contributed by atoms with Crippen molar-refractivity contribution < 1.29 is 4.79 Å². The highest BCUT2D eigenvalue weighted by molar-refractivity contribution is 5.76. The van der Waals surface area contributed by atoms with Crippen LogP contribution in [0.4, 0.5) is 0 Å². The van der Waals surface area contributed by atoms with Gasteiger partial charge in [-0.1, -0.05) is 0 Å². The molecule has 1 amide bonds. The van der Waals surface area contributed by atoms with E-state index >= 15 is 0 Å². The minimum atomic E-state index is 0.249. The Balaban J connectivity index is 1.54. The normalized spacial score (nSPS) is 23.6. The van der Waals surface area contributed by atoms with Crippen molar-refractivity contribution in [2.24, 2.45) is 0 Å². The Morgan fingerprint density at radius 2 is 1.95 bits per heavy atom. The summed E-state index contributed by atoms with van der Waals surface area (Å²) in [5.41, 5.74) is 0. The summed E-state index contributed by atoms with van der Waals surface area (Å²) >= 11 is 0. The zero-order valence-corrected chi connectivity index (χ0v) is 12.8. The average Bonchev–Trinajstić information content (AvgIpc) is 3.18. The van der Waals surface area contributed by atoms with Gasteiger partial charge in [-0.25, -0.2) is 4.98 Å². The highest BCUT2D eigenvalue weighted by Crippen LogP contribution is 2.21. The predicted octanol–water partition coefficient (Wildman–Crippen LogP) is 1.75. The van der Waals surface area contributed by atoms with Crippen molar-refractivity contribution in [3.05, 3.63) is 18.7 Å². The van der Waals surface area contributed by atoms with Gasteiger partial charge in [0.25, 0.3) is 0 Å². The molecule has 0 bridgehead atoms. The smallest absolute Gasteiger partial charge is 0.242 e. The molecule has 0 N–H and O–H groups in total. The molecule has 0 radical (unpaired) electrons. The van der Waals surface area contributed by atoms with Crippen molar-refractivity contribution in [3.63, 3.8) is 0 Å². The van der Waals surface area contributed by atoms with Gasteiger partial charge in [0, 0.05) is 31.5 Å². The van der Waals surface area contributed by atoms with E-state index in [-0.39, 0.29) is 5.91 Å². The first-order chi connectivity index (χ1) is 10.3. The summed E-state index contributed by atoms with van der Waals surface area (Å²) in [6, 6.07) is 0.440. The standard InChI is InChI=1S/C16H26N4O/c21-16(13-19-12-7-17-14-19)20-10-2-1-5-15(20)6-11-18-8-3-4-9-18/h7,12,14-15H,1-6,8-11,13H2. The second kappa shape index (κ2) is 7.07. The maximum Gasteiger partial charge on any atom is 0.242 e. The van der Waals surface area contributed by atoms with Crippen LogP contribution in [0, 0.1) is 0 Å². The Kier molecular flexibility index (Phi) is 4.91. The number of piperidine rings is 1. The van der Waals surface area contributed by atoms with Crippen LogP contribution in [0.1, 0.15) is 38.5 Å². The zero-order valence-electron chi connectivity index (χ0n) is 12.8. The number of amides is 1. The second-order valence-electron chi connectivity index (χ2n) is 6.31. The summed E-state index contributed by atoms with van der Waals surface area (Å²) in [6.07, 6.45) is 12.7. The number of likely N-dealkylation sites (tertiary alicyclic amines) is 2. The lowest BCUT2D eigenvalue weighted by molar-refractivity contribution is -0.135. The van der Waals surface area contributed by atoms with E-state index in [1.165, 1.54) is 38.8 Å². The summed E-state index contributed by atoms with van der Waals surface area (Å²) in [6.45, 7) is 5.00. The molecule has 2 fully saturated rings. The van der Waals surface area contributed by atoms with Crippen molar-refractivity contribution in [3.8, 4) is 0 Å². The molecule has 1 atom stereocenters. The van der Waals surface area contributed by atoms with Crippen LogP contribution in [0.15, 0.2) is 18.7 Å². The topological polar surface area (TPSA) is 41.4 Å². The number of aromatic nitrogens is 2. The van der Waals surface area contributed by atoms with Gasteiger partial charge in [-0.2, -0.15) is 0 Å². The van der Waals surface area contributed by atoms with Crippen molar-refractivity contribution >= 4 is 5.91 Å². The minimum absolute atomic E-state index is 0.249. The summed E-state index contributed by atoms with van der Waals surface area (Å²) < 4.78 is 1.87. The summed E-state index contributed by atoms with van der Waals surface area (Å²) in [5.74, 6) is 0.249. The SMILES string of the molecule is O=C(Cn1ccnc1)N1CCCCC1CCN1CCCC1. The van der Waals surface area contributed by atoms with Crippen LogP contribution >= 0.6 is 0 Å². The molecule has 1 unspecified atom stereocenters. The van der Waals surface area contributed by atoms with E-state index in [0.29, 0.717) is 12.6 Å². The zero-order chi connectivity index (χ0) is 14.5. The Bertz CT molecular complexity index is 439. The molecule has 21 heavy (non-hydrogen) atoms. The van der Waals surface area contributed by atoms with E-state index in [0.717, 1.165) is 25.9 Å². The first-order valence-electron chi connectivity index (χ1n) is 8.30. The van der Waals surface area contributed by atoms with E-state index in [1.807, 2.05) is 10.8 Å². The number of imidazole rings is 1. The molecule has 0 saturated carbocycles. The Labute approximate surface area is 126 Å². The lowest BCUT2D eigenvalue weighted by Crippen LogP contribution is -2.46. The molecule has 1 aromatic heterocycles. The monoisotopic (exact) mass is 290 g/mol. The molecule has 5 nitrogen and oxygen atoms in total. The van der Waals surface area contributed by atoms with Gasteiger partial charge in [0.05, 0.1) is 6.33 Å². The van der Waals surface area contributed by atoms with Crippen molar-refractivity contribution in [2.45, 2.75) is 51.1 Å². The molecule has 116 valence electrons. The van der Waals surface area contributed by atoms with Crippen molar-refractivity contribution in [1.29, 1.82) is 0 Å². The van der Waals surface area contributed by atoms with Gasteiger partial charge in [0.2, 0.25) is 5.91 Å². The third kappa shape index (κ3) is 3.84. The first-order valence-corrected chi connectivity index (χ1v) is 8.30. The molecular formula is C16H26N4O. The number of nitrogens with zero attached hydrogens (tertiary/aromatic N) is 4. The summed E-state index contributed by atoms with van der Waals surface area (Å²) in [4.78, 5) is 21.2. The Morgan fingerprint density at radius 1 is 1.14 bits per heavy atom. The fraction of sp³-hybridized carbons (Fsp3) is 0.750. The molecule has 1 aromatic rings. The van der Waals surface area contributed by atoms with E-state index in [4.69, 9.17) is 0 Å². The van der Waals surface area contributed by atoms with Crippen LogP contribution in [-0.2, 0) is 11.3 Å². The van der Waals surface area contributed by atoms with E-state index in [1.54, 1.807) is 12.5 Å². The molecule has 5 heteroatoms. The van der Waals surface area contributed by atoms with Crippen LogP contribution in [0.25, 0.3) is 0 Å². The number of carbonyl (C=O) groups excluding carboxylic acids is 1. The third-order valence-corrected chi connectivity index (χ3v) is 4.80. The van der Waals surface area contributed by atoms with Crippen LogP contribution in [0.2, 0.25) is 0 Å². The first kappa shape index (κ1) is 14.6. The minimum Gasteiger partial charge on any atom is -0.338 e. The fourth-order valence-corrected chi connectivity index (χ4v) is 3.59. The summed E-state index contributed by atoms with van der Waals surface area (Å²) in [7, 11) is 0. The number of rotatable bonds is 5. The van der Waals surface area contributed by atoms with Crippen LogP contribution in [0.5, 0.6) is 0 Å². The molecule has 3 rings (SSSR count). The van der Waals surface area contributed by atoms with Crippen molar-refractivity contribution in [2.75, 3.05) is 26.2 Å². The van der Waals surface area contributed by atoms with Gasteiger partial charge in [-0.05, 0) is 51.6 Å². The lowest BCUT2D eigenvalue weighted by atomic mass is 9.99. The molecule has 2 aliphatic heterocycles. The maximum atomic E-state index is 12.5.